The predicted octanol–water partition coefficient (Wildman–Crippen LogP) is 1.11. The van der Waals surface area contributed by atoms with E-state index in [1.807, 2.05) is 0 Å². The fraction of sp³-hybridized carbons (Fsp3) is 0.450. The summed E-state index contributed by atoms with van der Waals surface area (Å²) in [4.78, 5) is 22.8. The summed E-state index contributed by atoms with van der Waals surface area (Å²) >= 11 is 0. The highest BCUT2D eigenvalue weighted by Crippen LogP contribution is 2.38. The quantitative estimate of drug-likeness (QED) is 0.760. The molecule has 2 atom stereocenters. The van der Waals surface area contributed by atoms with Crippen LogP contribution in [0.15, 0.2) is 30.7 Å². The van der Waals surface area contributed by atoms with E-state index >= 15 is 0 Å². The summed E-state index contributed by atoms with van der Waals surface area (Å²) in [6, 6.07) is 3.53. The number of β-amino-alcohol motifs (C(OH)–C–C–N with tert-alkyl or cyclic N) is 1. The lowest BCUT2D eigenvalue weighted by atomic mass is 10.0. The van der Waals surface area contributed by atoms with Crippen LogP contribution in [0.4, 0.5) is 0 Å². The molecule has 1 aliphatic heterocycles. The molecule has 8 nitrogen and oxygen atoms in total. The molecule has 1 aromatic heterocycles. The molecule has 1 amide bonds. The van der Waals surface area contributed by atoms with Gasteiger partial charge in [0.2, 0.25) is 11.7 Å². The maximum absolute atomic E-state index is 12.8. The number of aliphatic hydroxyl groups is 1. The largest absolute Gasteiger partial charge is 0.493 e. The molecule has 0 saturated carbocycles. The number of hydrogen-bond donors (Lipinski definition) is 1. The number of benzene rings is 1. The van der Waals surface area contributed by atoms with Crippen LogP contribution in [0.25, 0.3) is 0 Å². The summed E-state index contributed by atoms with van der Waals surface area (Å²) < 4.78 is 16.0. The predicted molar refractivity (Wildman–Crippen MR) is 102 cm³/mol. The minimum Gasteiger partial charge on any atom is -0.493 e. The summed E-state index contributed by atoms with van der Waals surface area (Å²) in [5.74, 6) is 1.38. The van der Waals surface area contributed by atoms with E-state index in [1.165, 1.54) is 21.3 Å². The monoisotopic (exact) mass is 387 g/mol. The van der Waals surface area contributed by atoms with E-state index in [1.54, 1.807) is 35.6 Å². The highest BCUT2D eigenvalue weighted by atomic mass is 16.5. The summed E-state index contributed by atoms with van der Waals surface area (Å²) in [6.45, 7) is 0.801. The van der Waals surface area contributed by atoms with Gasteiger partial charge in [0.1, 0.15) is 0 Å². The van der Waals surface area contributed by atoms with Crippen molar-refractivity contribution in [1.82, 2.24) is 14.9 Å². The molecular formula is C20H25N3O5. The van der Waals surface area contributed by atoms with Crippen LogP contribution in [-0.4, -0.2) is 66.4 Å². The third kappa shape index (κ3) is 4.33. The maximum atomic E-state index is 12.8. The average Bonchev–Trinajstić information content (AvgIpc) is 3.08. The van der Waals surface area contributed by atoms with Crippen molar-refractivity contribution in [2.75, 3.05) is 34.4 Å². The molecular weight excluding hydrogens is 362 g/mol. The standard InChI is InChI=1S/C20H25N3O5/c1-26-17-6-13(7-18(27-2)20(17)28-3)8-19(25)23-11-14(16(24)12-23)9-15-10-21-4-5-22-15/h4-7,10,14,16,24H,8-9,11-12H2,1-3H3/t14-,16-/m1/s1. The number of likely N-dealkylation sites (tertiary alicyclic amines) is 1. The lowest BCUT2D eigenvalue weighted by molar-refractivity contribution is -0.129. The third-order valence-electron chi connectivity index (χ3n) is 4.93. The molecule has 2 aromatic rings. The van der Waals surface area contributed by atoms with E-state index in [9.17, 15) is 9.90 Å². The fourth-order valence-electron chi connectivity index (χ4n) is 3.49. The summed E-state index contributed by atoms with van der Waals surface area (Å²) in [7, 11) is 4.61. The van der Waals surface area contributed by atoms with Crippen molar-refractivity contribution in [2.45, 2.75) is 18.9 Å². The first-order valence-corrected chi connectivity index (χ1v) is 9.05. The first-order valence-electron chi connectivity index (χ1n) is 9.05. The summed E-state index contributed by atoms with van der Waals surface area (Å²) in [6.07, 6.45) is 5.12. The second kappa shape index (κ2) is 8.88. The van der Waals surface area contributed by atoms with Gasteiger partial charge >= 0.3 is 0 Å². The van der Waals surface area contributed by atoms with Crippen molar-refractivity contribution in [3.63, 3.8) is 0 Å². The highest BCUT2D eigenvalue weighted by molar-refractivity contribution is 5.79. The number of hydrogen-bond acceptors (Lipinski definition) is 7. The fourth-order valence-corrected chi connectivity index (χ4v) is 3.49. The Morgan fingerprint density at radius 1 is 1.14 bits per heavy atom. The lowest BCUT2D eigenvalue weighted by Crippen LogP contribution is -2.31. The van der Waals surface area contributed by atoms with Crippen LogP contribution in [0.5, 0.6) is 17.2 Å². The van der Waals surface area contributed by atoms with Crippen LogP contribution in [0.3, 0.4) is 0 Å². The van der Waals surface area contributed by atoms with Crippen LogP contribution in [-0.2, 0) is 17.6 Å². The number of aromatic nitrogens is 2. The molecule has 0 radical (unpaired) electrons. The maximum Gasteiger partial charge on any atom is 0.227 e. The van der Waals surface area contributed by atoms with Gasteiger partial charge in [-0.2, -0.15) is 0 Å². The topological polar surface area (TPSA) is 94.0 Å². The second-order valence-corrected chi connectivity index (χ2v) is 6.74. The Hall–Kier alpha value is -2.87. The molecule has 1 N–H and O–H groups in total. The van der Waals surface area contributed by atoms with Gasteiger partial charge < -0.3 is 24.2 Å². The Morgan fingerprint density at radius 2 is 1.86 bits per heavy atom. The van der Waals surface area contributed by atoms with Gasteiger partial charge in [0.05, 0.1) is 39.5 Å². The number of rotatable bonds is 7. The number of methoxy groups -OCH3 is 3. The number of carbonyl (C=O) groups is 1. The zero-order valence-electron chi connectivity index (χ0n) is 16.3. The molecule has 150 valence electrons. The Morgan fingerprint density at radius 3 is 2.43 bits per heavy atom. The highest BCUT2D eigenvalue weighted by Gasteiger charge is 2.34. The normalized spacial score (nSPS) is 18.8. The average molecular weight is 387 g/mol. The molecule has 0 aliphatic carbocycles. The number of nitrogens with zero attached hydrogens (tertiary/aromatic N) is 3. The van der Waals surface area contributed by atoms with E-state index in [-0.39, 0.29) is 18.2 Å². The van der Waals surface area contributed by atoms with E-state index < -0.39 is 6.10 Å². The summed E-state index contributed by atoms with van der Waals surface area (Å²) in [5, 5.41) is 10.4. The van der Waals surface area contributed by atoms with E-state index in [0.29, 0.717) is 36.8 Å². The molecule has 1 saturated heterocycles. The van der Waals surface area contributed by atoms with Gasteiger partial charge in [-0.3, -0.25) is 14.8 Å². The number of ether oxygens (including phenoxy) is 3. The molecule has 3 rings (SSSR count). The van der Waals surface area contributed by atoms with Gasteiger partial charge in [0.25, 0.3) is 0 Å². The Labute approximate surface area is 164 Å². The minimum atomic E-state index is -0.578. The third-order valence-corrected chi connectivity index (χ3v) is 4.93. The van der Waals surface area contributed by atoms with Gasteiger partial charge in [-0.15, -0.1) is 0 Å². The van der Waals surface area contributed by atoms with Crippen molar-refractivity contribution < 1.29 is 24.1 Å². The Kier molecular flexibility index (Phi) is 6.30. The van der Waals surface area contributed by atoms with Crippen LogP contribution in [0.1, 0.15) is 11.3 Å². The molecule has 0 spiro atoms. The number of carbonyl (C=O) groups excluding carboxylic acids is 1. The minimum absolute atomic E-state index is 0.0550. The van der Waals surface area contributed by atoms with Crippen molar-refractivity contribution in [3.8, 4) is 17.2 Å². The molecule has 1 aromatic carbocycles. The second-order valence-electron chi connectivity index (χ2n) is 6.74. The number of amides is 1. The zero-order chi connectivity index (χ0) is 20.1. The van der Waals surface area contributed by atoms with E-state index in [4.69, 9.17) is 14.2 Å². The van der Waals surface area contributed by atoms with Crippen LogP contribution < -0.4 is 14.2 Å². The first-order chi connectivity index (χ1) is 13.5. The molecule has 1 aliphatic rings. The van der Waals surface area contributed by atoms with Crippen molar-refractivity contribution >= 4 is 5.91 Å². The van der Waals surface area contributed by atoms with E-state index in [0.717, 1.165) is 11.3 Å². The van der Waals surface area contributed by atoms with Gasteiger partial charge in [-0.05, 0) is 24.1 Å². The van der Waals surface area contributed by atoms with Gasteiger partial charge in [0, 0.05) is 37.6 Å². The lowest BCUT2D eigenvalue weighted by Gasteiger charge is -2.18. The zero-order valence-corrected chi connectivity index (χ0v) is 16.3. The molecule has 2 heterocycles. The number of aliphatic hydroxyl groups excluding tert-OH is 1. The molecule has 0 bridgehead atoms. The molecule has 28 heavy (non-hydrogen) atoms. The van der Waals surface area contributed by atoms with Gasteiger partial charge in [0.15, 0.2) is 11.5 Å². The SMILES string of the molecule is COc1cc(CC(=O)N2C[C@@H](Cc3cnccn3)[C@H](O)C2)cc(OC)c1OC. The molecule has 8 heteroatoms. The summed E-state index contributed by atoms with van der Waals surface area (Å²) in [5.41, 5.74) is 1.57. The van der Waals surface area contributed by atoms with Crippen LogP contribution >= 0.6 is 0 Å². The smallest absolute Gasteiger partial charge is 0.227 e. The molecule has 1 fully saturated rings. The van der Waals surface area contributed by atoms with Gasteiger partial charge in [-0.25, -0.2) is 0 Å². The molecule has 0 unspecified atom stereocenters. The van der Waals surface area contributed by atoms with Crippen molar-refractivity contribution in [1.29, 1.82) is 0 Å². The Balaban J connectivity index is 1.68. The first kappa shape index (κ1) is 19.9. The van der Waals surface area contributed by atoms with Gasteiger partial charge in [-0.1, -0.05) is 0 Å². The van der Waals surface area contributed by atoms with Crippen LogP contribution in [0.2, 0.25) is 0 Å². The van der Waals surface area contributed by atoms with Crippen LogP contribution in [0, 0.1) is 5.92 Å². The van der Waals surface area contributed by atoms with E-state index in [2.05, 4.69) is 9.97 Å². The van der Waals surface area contributed by atoms with Crippen molar-refractivity contribution in [2.24, 2.45) is 5.92 Å². The Bertz CT molecular complexity index is 790. The van der Waals surface area contributed by atoms with Crippen molar-refractivity contribution in [3.05, 3.63) is 42.0 Å².